The summed E-state index contributed by atoms with van der Waals surface area (Å²) in [4.78, 5) is 1.12. The number of aliphatic hydroxyl groups is 1. The highest BCUT2D eigenvalue weighted by Crippen LogP contribution is 2.25. The van der Waals surface area contributed by atoms with Crippen molar-refractivity contribution in [2.24, 2.45) is 0 Å². The molecule has 1 unspecified atom stereocenters. The Morgan fingerprint density at radius 2 is 2.00 bits per heavy atom. The van der Waals surface area contributed by atoms with Crippen LogP contribution in [0, 0.1) is 0 Å². The fourth-order valence-corrected chi connectivity index (χ4v) is 4.45. The summed E-state index contributed by atoms with van der Waals surface area (Å²) in [6.45, 7) is 1.64. The molecule has 6 heteroatoms. The van der Waals surface area contributed by atoms with Gasteiger partial charge in [0.15, 0.2) is 0 Å². The largest absolute Gasteiger partial charge is 0.392 e. The van der Waals surface area contributed by atoms with E-state index in [1.165, 1.54) is 17.4 Å². The molecule has 0 radical (unpaired) electrons. The van der Waals surface area contributed by atoms with Gasteiger partial charge in [-0.05, 0) is 29.5 Å². The van der Waals surface area contributed by atoms with Crippen molar-refractivity contribution >= 4 is 21.4 Å². The van der Waals surface area contributed by atoms with E-state index >= 15 is 0 Å². The van der Waals surface area contributed by atoms with Crippen LogP contribution in [0.3, 0.4) is 0 Å². The third kappa shape index (κ3) is 3.27. The van der Waals surface area contributed by atoms with Gasteiger partial charge in [0.2, 0.25) is 10.0 Å². The number of rotatable bonds is 6. The molecule has 0 aliphatic rings. The van der Waals surface area contributed by atoms with Crippen molar-refractivity contribution in [3.8, 4) is 0 Å². The number of hydrogen-bond acceptors (Lipinski definition) is 4. The van der Waals surface area contributed by atoms with Gasteiger partial charge in [-0.25, -0.2) is 13.1 Å². The SMILES string of the molecule is CCC(NS(=O)(=O)c1ccccc1CO)c1cccs1. The maximum atomic E-state index is 12.5. The van der Waals surface area contributed by atoms with Gasteiger partial charge in [-0.3, -0.25) is 0 Å². The molecule has 108 valence electrons. The summed E-state index contributed by atoms with van der Waals surface area (Å²) in [6, 6.07) is 10.1. The lowest BCUT2D eigenvalue weighted by atomic mass is 10.2. The normalized spacial score (nSPS) is 13.3. The van der Waals surface area contributed by atoms with Crippen LogP contribution in [0.25, 0.3) is 0 Å². The van der Waals surface area contributed by atoms with Crippen LogP contribution in [0.5, 0.6) is 0 Å². The Kier molecular flexibility index (Phi) is 4.93. The van der Waals surface area contributed by atoms with Crippen LogP contribution in [0.4, 0.5) is 0 Å². The fourth-order valence-electron chi connectivity index (χ4n) is 1.98. The van der Waals surface area contributed by atoms with Gasteiger partial charge in [-0.1, -0.05) is 31.2 Å². The lowest BCUT2D eigenvalue weighted by Gasteiger charge is -2.17. The second kappa shape index (κ2) is 6.49. The van der Waals surface area contributed by atoms with Crippen LogP contribution in [-0.4, -0.2) is 13.5 Å². The average molecular weight is 311 g/mol. The van der Waals surface area contributed by atoms with Crippen molar-refractivity contribution in [3.05, 3.63) is 52.2 Å². The third-order valence-corrected chi connectivity index (χ3v) is 5.58. The maximum Gasteiger partial charge on any atom is 0.241 e. The van der Waals surface area contributed by atoms with Crippen LogP contribution in [0.15, 0.2) is 46.7 Å². The van der Waals surface area contributed by atoms with Crippen LogP contribution in [-0.2, 0) is 16.6 Å². The van der Waals surface area contributed by atoms with E-state index < -0.39 is 10.0 Å². The quantitative estimate of drug-likeness (QED) is 0.862. The van der Waals surface area contributed by atoms with Gasteiger partial charge in [0.1, 0.15) is 0 Å². The van der Waals surface area contributed by atoms with Crippen molar-refractivity contribution < 1.29 is 13.5 Å². The Balaban J connectivity index is 2.31. The molecule has 1 aromatic heterocycles. The molecular weight excluding hydrogens is 294 g/mol. The molecule has 2 rings (SSSR count). The minimum Gasteiger partial charge on any atom is -0.392 e. The van der Waals surface area contributed by atoms with E-state index in [0.29, 0.717) is 12.0 Å². The summed E-state index contributed by atoms with van der Waals surface area (Å²) >= 11 is 1.53. The van der Waals surface area contributed by atoms with Crippen LogP contribution < -0.4 is 4.72 Å². The predicted octanol–water partition coefficient (Wildman–Crippen LogP) is 2.67. The molecule has 20 heavy (non-hydrogen) atoms. The number of sulfonamides is 1. The van der Waals surface area contributed by atoms with Crippen molar-refractivity contribution in [3.63, 3.8) is 0 Å². The molecule has 4 nitrogen and oxygen atoms in total. The topological polar surface area (TPSA) is 66.4 Å². The van der Waals surface area contributed by atoms with Gasteiger partial charge >= 0.3 is 0 Å². The Bertz CT molecular complexity index is 651. The predicted molar refractivity (Wildman–Crippen MR) is 80.0 cm³/mol. The summed E-state index contributed by atoms with van der Waals surface area (Å²) in [5.41, 5.74) is 0.404. The van der Waals surface area contributed by atoms with Gasteiger partial charge in [0.25, 0.3) is 0 Å². The third-order valence-electron chi connectivity index (χ3n) is 3.02. The first kappa shape index (κ1) is 15.2. The minimum absolute atomic E-state index is 0.137. The molecule has 0 spiro atoms. The van der Waals surface area contributed by atoms with Crippen LogP contribution >= 0.6 is 11.3 Å². The smallest absolute Gasteiger partial charge is 0.241 e. The first-order valence-corrected chi connectivity index (χ1v) is 8.69. The molecule has 0 fully saturated rings. The number of thiophene rings is 1. The monoisotopic (exact) mass is 311 g/mol. The van der Waals surface area contributed by atoms with Gasteiger partial charge in [0, 0.05) is 4.88 Å². The van der Waals surface area contributed by atoms with Crippen molar-refractivity contribution in [2.75, 3.05) is 0 Å². The van der Waals surface area contributed by atoms with Crippen LogP contribution in [0.1, 0.15) is 29.8 Å². The average Bonchev–Trinajstić information content (AvgIpc) is 2.98. The molecule has 2 N–H and O–H groups in total. The number of hydrogen-bond donors (Lipinski definition) is 2. The van der Waals surface area contributed by atoms with Crippen molar-refractivity contribution in [2.45, 2.75) is 30.9 Å². The summed E-state index contributed by atoms with van der Waals surface area (Å²) in [5.74, 6) is 0. The summed E-state index contributed by atoms with van der Waals surface area (Å²) in [6.07, 6.45) is 0.668. The lowest BCUT2D eigenvalue weighted by molar-refractivity contribution is 0.278. The molecule has 0 saturated carbocycles. The molecule has 0 aliphatic heterocycles. The first-order valence-electron chi connectivity index (χ1n) is 6.33. The second-order valence-corrected chi connectivity index (χ2v) is 7.03. The summed E-state index contributed by atoms with van der Waals surface area (Å²) in [7, 11) is -3.64. The molecule has 0 bridgehead atoms. The maximum absolute atomic E-state index is 12.5. The van der Waals surface area contributed by atoms with Crippen molar-refractivity contribution in [1.82, 2.24) is 4.72 Å². The van der Waals surface area contributed by atoms with Crippen LogP contribution in [0.2, 0.25) is 0 Å². The van der Waals surface area contributed by atoms with Gasteiger partial charge in [0.05, 0.1) is 17.5 Å². The molecule has 1 heterocycles. The zero-order chi connectivity index (χ0) is 14.6. The van der Waals surface area contributed by atoms with Gasteiger partial charge in [-0.2, -0.15) is 0 Å². The molecular formula is C14H17NO3S2. The van der Waals surface area contributed by atoms with E-state index in [-0.39, 0.29) is 17.5 Å². The Morgan fingerprint density at radius 1 is 1.25 bits per heavy atom. The standard InChI is InChI=1S/C14H17NO3S2/c1-2-12(13-7-5-9-19-13)15-20(17,18)14-8-4-3-6-11(14)10-16/h3-9,12,15-16H,2,10H2,1H3. The fraction of sp³-hybridized carbons (Fsp3) is 0.286. The van der Waals surface area contributed by atoms with E-state index in [0.717, 1.165) is 4.88 Å². The first-order chi connectivity index (χ1) is 9.58. The van der Waals surface area contributed by atoms with E-state index in [4.69, 9.17) is 0 Å². The highest BCUT2D eigenvalue weighted by molar-refractivity contribution is 7.89. The zero-order valence-electron chi connectivity index (χ0n) is 11.1. The summed E-state index contributed by atoms with van der Waals surface area (Å²) in [5, 5.41) is 11.2. The molecule has 0 amide bonds. The Morgan fingerprint density at radius 3 is 2.60 bits per heavy atom. The van der Waals surface area contributed by atoms with Gasteiger partial charge < -0.3 is 5.11 Å². The van der Waals surface area contributed by atoms with E-state index in [2.05, 4.69) is 4.72 Å². The highest BCUT2D eigenvalue weighted by atomic mass is 32.2. The molecule has 1 atom stereocenters. The van der Waals surface area contributed by atoms with Gasteiger partial charge in [-0.15, -0.1) is 11.3 Å². The molecule has 0 saturated heterocycles. The lowest BCUT2D eigenvalue weighted by Crippen LogP contribution is -2.28. The second-order valence-electron chi connectivity index (χ2n) is 4.36. The minimum atomic E-state index is -3.64. The molecule has 0 aliphatic carbocycles. The Labute approximate surface area is 123 Å². The van der Waals surface area contributed by atoms with E-state index in [1.54, 1.807) is 18.2 Å². The van der Waals surface area contributed by atoms with Crippen molar-refractivity contribution in [1.29, 1.82) is 0 Å². The van der Waals surface area contributed by atoms with E-state index in [1.807, 2.05) is 24.4 Å². The molecule has 1 aromatic carbocycles. The number of aliphatic hydroxyl groups excluding tert-OH is 1. The zero-order valence-corrected chi connectivity index (χ0v) is 12.7. The highest BCUT2D eigenvalue weighted by Gasteiger charge is 2.22. The molecule has 2 aromatic rings. The van der Waals surface area contributed by atoms with E-state index in [9.17, 15) is 13.5 Å². The number of nitrogens with one attached hydrogen (secondary N) is 1. The summed E-state index contributed by atoms with van der Waals surface area (Å²) < 4.78 is 27.6. The Hall–Kier alpha value is -1.21. The number of benzene rings is 1.